The molecule has 0 fully saturated rings. The molecule has 0 N–H and O–H groups in total. The van der Waals surface area contributed by atoms with Gasteiger partial charge < -0.3 is 9.79 Å². The maximum absolute atomic E-state index is 10.6. The second kappa shape index (κ2) is 11.9. The summed E-state index contributed by atoms with van der Waals surface area (Å²) < 4.78 is 0. The molecule has 0 radical (unpaired) electrons. The van der Waals surface area contributed by atoms with Gasteiger partial charge in [0, 0.05) is 12.3 Å². The van der Waals surface area contributed by atoms with Gasteiger partial charge in [0.15, 0.2) is 0 Å². The molecule has 0 bridgehead atoms. The molecule has 1 aliphatic heterocycles. The number of rotatable bonds is 1. The molecule has 0 saturated heterocycles. The first kappa shape index (κ1) is 20.2. The van der Waals surface area contributed by atoms with Crippen LogP contribution in [0.4, 0.5) is 0 Å². The van der Waals surface area contributed by atoms with E-state index in [1.165, 1.54) is 6.92 Å². The topological polar surface area (TPSA) is 29.4 Å². The fourth-order valence-corrected chi connectivity index (χ4v) is 1.16. The number of hydrogen-bond donors (Lipinski definition) is 0. The Bertz CT molecular complexity index is 422. The van der Waals surface area contributed by atoms with E-state index in [1.54, 1.807) is 0 Å². The fourth-order valence-electron chi connectivity index (χ4n) is 1.16. The zero-order valence-corrected chi connectivity index (χ0v) is 15.0. The number of carbonyl (C=O) groups excluding carboxylic acids is 1. The smallest absolute Gasteiger partial charge is 0.405 e. The molecule has 3 heteroatoms. The van der Waals surface area contributed by atoms with E-state index in [0.29, 0.717) is 12.3 Å². The molecule has 0 atom stereocenters. The molecule has 1 aromatic rings. The van der Waals surface area contributed by atoms with Crippen LogP contribution in [0.15, 0.2) is 40.9 Å². The monoisotopic (exact) mass is 427 g/mol. The second-order valence-electron chi connectivity index (χ2n) is 3.61. The number of Topliss-reactive ketones (excluding diaryl/α,β-unsaturated/α-hetero) is 1. The summed E-state index contributed by atoms with van der Waals surface area (Å²) in [5.41, 5.74) is 2.61. The maximum atomic E-state index is 10.6. The van der Waals surface area contributed by atoms with Crippen LogP contribution in [0.2, 0.25) is 0 Å². The Hall–Kier alpha value is -1.14. The van der Waals surface area contributed by atoms with Crippen molar-refractivity contribution in [2.75, 3.05) is 6.54 Å². The molecule has 102 valence electrons. The number of aliphatic imine (C=N–C) groups is 1. The first-order chi connectivity index (χ1) is 8.59. The molecular weight excluding hydrogens is 406 g/mol. The molecule has 0 amide bonds. The summed E-state index contributed by atoms with van der Waals surface area (Å²) in [6, 6.07) is 9.87. The molecule has 1 heterocycles. The van der Waals surface area contributed by atoms with E-state index in [2.05, 4.69) is 18.0 Å². The number of ketones is 1. The Morgan fingerprint density at radius 2 is 1.79 bits per heavy atom. The van der Waals surface area contributed by atoms with Gasteiger partial charge in [0.1, 0.15) is 0 Å². The second-order valence-corrected chi connectivity index (χ2v) is 3.61. The van der Waals surface area contributed by atoms with Crippen molar-refractivity contribution in [2.24, 2.45) is 4.99 Å². The average Bonchev–Trinajstić information content (AvgIpc) is 2.80. The van der Waals surface area contributed by atoms with Crippen molar-refractivity contribution in [1.29, 1.82) is 0 Å². The van der Waals surface area contributed by atoms with Gasteiger partial charge in [-0.3, -0.25) is 0 Å². The average molecular weight is 427 g/mol. The van der Waals surface area contributed by atoms with Crippen molar-refractivity contribution >= 4 is 11.5 Å². The van der Waals surface area contributed by atoms with E-state index in [9.17, 15) is 4.79 Å². The number of carbonyl (C=O) groups is 1. The molecule has 0 spiro atoms. The van der Waals surface area contributed by atoms with E-state index < -0.39 is 0 Å². The van der Waals surface area contributed by atoms with Gasteiger partial charge >= 0.3 is 21.1 Å². The van der Waals surface area contributed by atoms with Gasteiger partial charge in [-0.25, -0.2) is 6.08 Å². The summed E-state index contributed by atoms with van der Waals surface area (Å²) in [4.78, 5) is 14.5. The fraction of sp³-hybridized carbons (Fsp3) is 0.312. The van der Waals surface area contributed by atoms with Crippen LogP contribution in [0.25, 0.3) is 0 Å². The zero-order valence-electron chi connectivity index (χ0n) is 12.1. The maximum Gasteiger partial charge on any atom is 2.00 e. The van der Waals surface area contributed by atoms with Gasteiger partial charge in [-0.1, -0.05) is 39.5 Å². The number of allylic oxidation sites excluding steroid dienone is 1. The summed E-state index contributed by atoms with van der Waals surface area (Å²) in [5.74, 6) is 0.00634. The minimum atomic E-state index is 0. The van der Waals surface area contributed by atoms with Crippen molar-refractivity contribution < 1.29 is 25.9 Å². The largest absolute Gasteiger partial charge is 2.00 e. The summed E-state index contributed by atoms with van der Waals surface area (Å²) >= 11 is 0. The van der Waals surface area contributed by atoms with Gasteiger partial charge in [0.2, 0.25) is 0 Å². The predicted molar refractivity (Wildman–Crippen MR) is 77.7 cm³/mol. The van der Waals surface area contributed by atoms with Crippen LogP contribution < -0.4 is 0 Å². The van der Waals surface area contributed by atoms with Gasteiger partial charge in [-0.2, -0.15) is 24.6 Å². The molecule has 1 aliphatic rings. The number of nitrogens with zero attached hydrogens (tertiary/aromatic N) is 1. The number of hydrogen-bond acceptors (Lipinski definition) is 2. The molecule has 1 aromatic carbocycles. The van der Waals surface area contributed by atoms with Crippen molar-refractivity contribution in [3.63, 3.8) is 0 Å². The molecular formula is C16H21NOW. The van der Waals surface area contributed by atoms with Crippen LogP contribution in [0.5, 0.6) is 0 Å². The molecule has 0 unspecified atom stereocenters. The van der Waals surface area contributed by atoms with E-state index in [0.717, 1.165) is 11.1 Å². The Balaban J connectivity index is 0. The van der Waals surface area contributed by atoms with Crippen molar-refractivity contribution in [3.8, 4) is 0 Å². The van der Waals surface area contributed by atoms with Crippen LogP contribution in [0.1, 0.15) is 33.3 Å². The first-order valence-electron chi connectivity index (χ1n) is 6.11. The Morgan fingerprint density at radius 3 is 2.00 bits per heavy atom. The Labute approximate surface area is 131 Å². The van der Waals surface area contributed by atoms with E-state index in [4.69, 9.17) is 0 Å². The van der Waals surface area contributed by atoms with Crippen molar-refractivity contribution in [1.82, 2.24) is 0 Å². The van der Waals surface area contributed by atoms with Crippen LogP contribution in [0, 0.1) is 13.0 Å². The van der Waals surface area contributed by atoms with Crippen LogP contribution in [-0.2, 0) is 25.9 Å². The molecule has 2 rings (SSSR count). The Kier molecular flexibility index (Phi) is 12.7. The van der Waals surface area contributed by atoms with E-state index in [1.807, 2.05) is 51.1 Å². The Morgan fingerprint density at radius 1 is 1.26 bits per heavy atom. The molecule has 2 nitrogen and oxygen atoms in total. The predicted octanol–water partition coefficient (Wildman–Crippen LogP) is 3.67. The van der Waals surface area contributed by atoms with E-state index in [-0.39, 0.29) is 26.8 Å². The van der Waals surface area contributed by atoms with Crippen LogP contribution in [-0.4, -0.2) is 18.0 Å². The standard InChI is InChI=1S/C7H8NO.C7H7.C2H6.W/c1-5-3-7(6(2)9)8-4-5;1-7-5-3-2-4-6-7;1-2;/h4H2,1-2H3;2-6H,1H2;1-2H3;/q2*-1;;+2. The van der Waals surface area contributed by atoms with Crippen LogP contribution in [0.3, 0.4) is 0 Å². The number of benzene rings is 1. The minimum absolute atomic E-state index is 0. The summed E-state index contributed by atoms with van der Waals surface area (Å²) in [6.07, 6.45) is 2.87. The SMILES string of the molecule is CC.CC(=O)C1=NCC(C)=[C-]1.[CH2-]c1ccccc1.[W+2]. The van der Waals surface area contributed by atoms with E-state index >= 15 is 0 Å². The van der Waals surface area contributed by atoms with Crippen LogP contribution >= 0.6 is 0 Å². The normalized spacial score (nSPS) is 11.6. The van der Waals surface area contributed by atoms with Gasteiger partial charge in [-0.15, -0.1) is 17.7 Å². The summed E-state index contributed by atoms with van der Waals surface area (Å²) in [6.45, 7) is 11.8. The molecule has 19 heavy (non-hydrogen) atoms. The van der Waals surface area contributed by atoms with Crippen molar-refractivity contribution in [2.45, 2.75) is 27.7 Å². The van der Waals surface area contributed by atoms with Gasteiger partial charge in [0.25, 0.3) is 0 Å². The third kappa shape index (κ3) is 9.44. The third-order valence-corrected chi connectivity index (χ3v) is 1.98. The van der Waals surface area contributed by atoms with Crippen molar-refractivity contribution in [3.05, 3.63) is 54.5 Å². The molecule has 0 saturated carbocycles. The molecule has 0 aromatic heterocycles. The first-order valence-corrected chi connectivity index (χ1v) is 6.11. The molecule has 0 aliphatic carbocycles. The summed E-state index contributed by atoms with van der Waals surface area (Å²) in [5, 5.41) is 0. The van der Waals surface area contributed by atoms with Gasteiger partial charge in [0.05, 0.1) is 0 Å². The quantitative estimate of drug-likeness (QED) is 0.630. The third-order valence-electron chi connectivity index (χ3n) is 1.98. The summed E-state index contributed by atoms with van der Waals surface area (Å²) in [7, 11) is 0. The zero-order chi connectivity index (χ0) is 14.0. The van der Waals surface area contributed by atoms with Gasteiger partial charge in [-0.05, 0) is 0 Å². The minimum Gasteiger partial charge on any atom is -0.405 e.